The molecular formula is C5H12NO4P. The first kappa shape index (κ1) is 10.8. The van der Waals surface area contributed by atoms with Crippen LogP contribution in [-0.2, 0) is 4.57 Å². The Morgan fingerprint density at radius 1 is 1.64 bits per heavy atom. The number of nitrogens with one attached hydrogen (secondary N) is 1. The minimum atomic E-state index is -4.11. The molecule has 6 heteroatoms. The van der Waals surface area contributed by atoms with Crippen LogP contribution in [0, 0.1) is 0 Å². The Morgan fingerprint density at radius 3 is 2.55 bits per heavy atom. The van der Waals surface area contributed by atoms with E-state index >= 15 is 0 Å². The third-order valence-corrected chi connectivity index (χ3v) is 1.73. The largest absolute Gasteiger partial charge is 0.378 e. The lowest BCUT2D eigenvalue weighted by molar-refractivity contribution is 0.157. The van der Waals surface area contributed by atoms with Gasteiger partial charge in [0.05, 0.1) is 6.16 Å². The van der Waals surface area contributed by atoms with Crippen LogP contribution in [0.1, 0.15) is 0 Å². The van der Waals surface area contributed by atoms with Gasteiger partial charge in [0.2, 0.25) is 0 Å². The molecule has 1 atom stereocenters. The number of hydrogen-bond acceptors (Lipinski definition) is 3. The van der Waals surface area contributed by atoms with Crippen LogP contribution < -0.4 is 5.32 Å². The van der Waals surface area contributed by atoms with Crippen molar-refractivity contribution in [1.29, 1.82) is 0 Å². The van der Waals surface area contributed by atoms with Gasteiger partial charge in [-0.3, -0.25) is 9.88 Å². The van der Waals surface area contributed by atoms with Crippen molar-refractivity contribution in [2.75, 3.05) is 12.7 Å². The second-order valence-electron chi connectivity index (χ2n) is 2.06. The van der Waals surface area contributed by atoms with Crippen LogP contribution in [0.25, 0.3) is 0 Å². The Morgan fingerprint density at radius 2 is 2.18 bits per heavy atom. The van der Waals surface area contributed by atoms with Crippen molar-refractivity contribution < 1.29 is 19.5 Å². The van der Waals surface area contributed by atoms with Crippen LogP contribution in [0.3, 0.4) is 0 Å². The van der Waals surface area contributed by atoms with E-state index in [-0.39, 0.29) is 0 Å². The fourth-order valence-electron chi connectivity index (χ4n) is 0.509. The average Bonchev–Trinajstić information content (AvgIpc) is 1.79. The Balaban J connectivity index is 3.60. The van der Waals surface area contributed by atoms with Gasteiger partial charge in [0.15, 0.2) is 0 Å². The molecule has 0 spiro atoms. The molecule has 5 nitrogen and oxygen atoms in total. The van der Waals surface area contributed by atoms with Gasteiger partial charge in [-0.2, -0.15) is 0 Å². The zero-order valence-corrected chi connectivity index (χ0v) is 6.87. The lowest BCUT2D eigenvalue weighted by Crippen LogP contribution is -2.31. The molecule has 1 unspecified atom stereocenters. The van der Waals surface area contributed by atoms with Crippen molar-refractivity contribution >= 4 is 7.60 Å². The molecule has 0 rings (SSSR count). The molecule has 0 heterocycles. The molecule has 4 N–H and O–H groups in total. The number of aliphatic hydroxyl groups excluding tert-OH is 1. The highest BCUT2D eigenvalue weighted by Crippen LogP contribution is 2.34. The standard InChI is InChI=1S/C5H12NO4P/c1-2-3-6-5(7)4-11(8,9)10/h2,5-7H,1,3-4H2,(H2,8,9,10). The van der Waals surface area contributed by atoms with E-state index in [0.717, 1.165) is 0 Å². The predicted molar refractivity (Wildman–Crippen MR) is 41.1 cm³/mol. The Hall–Kier alpha value is -0.190. The summed E-state index contributed by atoms with van der Waals surface area (Å²) in [5.41, 5.74) is 0. The average molecular weight is 181 g/mol. The topological polar surface area (TPSA) is 89.8 Å². The summed E-state index contributed by atoms with van der Waals surface area (Å²) in [4.78, 5) is 16.7. The van der Waals surface area contributed by atoms with E-state index < -0.39 is 20.0 Å². The van der Waals surface area contributed by atoms with Crippen LogP contribution in [0.5, 0.6) is 0 Å². The summed E-state index contributed by atoms with van der Waals surface area (Å²) in [6.07, 6.45) is -0.252. The van der Waals surface area contributed by atoms with Crippen molar-refractivity contribution in [1.82, 2.24) is 5.32 Å². The maximum atomic E-state index is 10.3. The molecule has 0 aliphatic carbocycles. The molecular weight excluding hydrogens is 169 g/mol. The molecule has 0 bridgehead atoms. The van der Waals surface area contributed by atoms with E-state index in [9.17, 15) is 4.57 Å². The van der Waals surface area contributed by atoms with Gasteiger partial charge in [0.25, 0.3) is 0 Å². The molecule has 0 aliphatic rings. The van der Waals surface area contributed by atoms with E-state index in [4.69, 9.17) is 14.9 Å². The zero-order chi connectivity index (χ0) is 8.91. The van der Waals surface area contributed by atoms with Gasteiger partial charge in [-0.25, -0.2) is 0 Å². The SMILES string of the molecule is C=CCNC(O)CP(=O)(O)O. The molecule has 0 fully saturated rings. The maximum Gasteiger partial charge on any atom is 0.329 e. The van der Waals surface area contributed by atoms with Gasteiger partial charge in [-0.1, -0.05) is 6.08 Å². The first-order chi connectivity index (χ1) is 4.95. The van der Waals surface area contributed by atoms with Gasteiger partial charge in [-0.15, -0.1) is 6.58 Å². The van der Waals surface area contributed by atoms with Gasteiger partial charge in [-0.05, 0) is 0 Å². The summed E-state index contributed by atoms with van der Waals surface area (Å²) in [5.74, 6) is 0. The van der Waals surface area contributed by atoms with Crippen LogP contribution in [0.4, 0.5) is 0 Å². The number of rotatable bonds is 5. The minimum absolute atomic E-state index is 0.321. The van der Waals surface area contributed by atoms with Crippen LogP contribution in [0.15, 0.2) is 12.7 Å². The molecule has 0 saturated heterocycles. The zero-order valence-electron chi connectivity index (χ0n) is 5.97. The van der Waals surface area contributed by atoms with Crippen molar-refractivity contribution in [2.24, 2.45) is 0 Å². The van der Waals surface area contributed by atoms with Gasteiger partial charge < -0.3 is 14.9 Å². The second kappa shape index (κ2) is 4.64. The summed E-state index contributed by atoms with van der Waals surface area (Å²) < 4.78 is 10.3. The molecule has 0 amide bonds. The summed E-state index contributed by atoms with van der Waals surface area (Å²) in [6, 6.07) is 0. The molecule has 0 aromatic heterocycles. The first-order valence-corrected chi connectivity index (χ1v) is 4.82. The highest BCUT2D eigenvalue weighted by molar-refractivity contribution is 7.51. The third-order valence-electron chi connectivity index (χ3n) is 0.909. The van der Waals surface area contributed by atoms with E-state index in [0.29, 0.717) is 6.54 Å². The van der Waals surface area contributed by atoms with Crippen LogP contribution >= 0.6 is 7.60 Å². The fraction of sp³-hybridized carbons (Fsp3) is 0.600. The normalized spacial score (nSPS) is 14.5. The maximum absolute atomic E-state index is 10.3. The van der Waals surface area contributed by atoms with E-state index in [1.54, 1.807) is 0 Å². The smallest absolute Gasteiger partial charge is 0.329 e. The first-order valence-electron chi connectivity index (χ1n) is 3.02. The van der Waals surface area contributed by atoms with Crippen molar-refractivity contribution in [3.8, 4) is 0 Å². The molecule has 0 aliphatic heterocycles. The molecule has 66 valence electrons. The number of aliphatic hydroxyl groups is 1. The van der Waals surface area contributed by atoms with Crippen molar-refractivity contribution in [2.45, 2.75) is 6.23 Å². The summed E-state index contributed by atoms with van der Waals surface area (Å²) in [6.45, 7) is 3.68. The molecule has 0 aromatic rings. The van der Waals surface area contributed by atoms with Crippen LogP contribution in [0.2, 0.25) is 0 Å². The Bertz CT molecular complexity index is 166. The monoisotopic (exact) mass is 181 g/mol. The van der Waals surface area contributed by atoms with Crippen molar-refractivity contribution in [3.63, 3.8) is 0 Å². The summed E-state index contributed by atoms with van der Waals surface area (Å²) in [5, 5.41) is 11.3. The quantitative estimate of drug-likeness (QED) is 0.255. The Kier molecular flexibility index (Phi) is 4.56. The molecule has 0 saturated carbocycles. The third kappa shape index (κ3) is 7.71. The molecule has 0 aromatic carbocycles. The Labute approximate surface area is 64.9 Å². The summed E-state index contributed by atoms with van der Waals surface area (Å²) in [7, 11) is -4.11. The number of hydrogen-bond donors (Lipinski definition) is 4. The molecule has 11 heavy (non-hydrogen) atoms. The van der Waals surface area contributed by atoms with Crippen LogP contribution in [-0.4, -0.2) is 33.8 Å². The van der Waals surface area contributed by atoms with Gasteiger partial charge >= 0.3 is 7.60 Å². The van der Waals surface area contributed by atoms with Crippen molar-refractivity contribution in [3.05, 3.63) is 12.7 Å². The predicted octanol–water partition coefficient (Wildman–Crippen LogP) is -0.742. The summed E-state index contributed by atoms with van der Waals surface area (Å²) >= 11 is 0. The highest BCUT2D eigenvalue weighted by atomic mass is 31.2. The lowest BCUT2D eigenvalue weighted by Gasteiger charge is -2.11. The van der Waals surface area contributed by atoms with E-state index in [2.05, 4.69) is 11.9 Å². The fourth-order valence-corrected chi connectivity index (χ4v) is 1.09. The van der Waals surface area contributed by atoms with Gasteiger partial charge in [0, 0.05) is 6.54 Å². The van der Waals surface area contributed by atoms with E-state index in [1.807, 2.05) is 0 Å². The van der Waals surface area contributed by atoms with Gasteiger partial charge in [0.1, 0.15) is 6.23 Å². The van der Waals surface area contributed by atoms with E-state index in [1.165, 1.54) is 6.08 Å². The highest BCUT2D eigenvalue weighted by Gasteiger charge is 2.18. The molecule has 0 radical (unpaired) electrons. The lowest BCUT2D eigenvalue weighted by atomic mass is 10.5. The minimum Gasteiger partial charge on any atom is -0.378 e. The second-order valence-corrected chi connectivity index (χ2v) is 3.75.